The van der Waals surface area contributed by atoms with Crippen molar-refractivity contribution in [1.82, 2.24) is 4.90 Å². The molecule has 0 aromatic heterocycles. The van der Waals surface area contributed by atoms with E-state index in [1.165, 1.54) is 24.2 Å². The molecule has 0 N–H and O–H groups in total. The zero-order chi connectivity index (χ0) is 11.7. The summed E-state index contributed by atoms with van der Waals surface area (Å²) in [5.41, 5.74) is 2.96. The van der Waals surface area contributed by atoms with Crippen molar-refractivity contribution in [2.45, 2.75) is 45.6 Å². The second-order valence-electron chi connectivity index (χ2n) is 5.57. The van der Waals surface area contributed by atoms with Crippen molar-refractivity contribution < 1.29 is 0 Å². The van der Waals surface area contributed by atoms with Gasteiger partial charge in [0.2, 0.25) is 0 Å². The van der Waals surface area contributed by atoms with Gasteiger partial charge in [-0.05, 0) is 30.9 Å². The molecular formula is C15H23N. The standard InChI is InChI=1S/C15H23N/c1-11(2)13-5-7-14(8-6-13)15-9-16(10-15)12(3)4/h5-8,11-12,15H,9-10H2,1-4H3. The molecule has 0 atom stereocenters. The van der Waals surface area contributed by atoms with Gasteiger partial charge in [-0.1, -0.05) is 38.1 Å². The molecule has 1 aliphatic rings. The average molecular weight is 217 g/mol. The largest absolute Gasteiger partial charge is 0.300 e. The van der Waals surface area contributed by atoms with Crippen molar-refractivity contribution in [3.8, 4) is 0 Å². The molecule has 1 aliphatic heterocycles. The van der Waals surface area contributed by atoms with Crippen LogP contribution in [0.25, 0.3) is 0 Å². The zero-order valence-corrected chi connectivity index (χ0v) is 10.9. The lowest BCUT2D eigenvalue weighted by molar-refractivity contribution is 0.110. The van der Waals surface area contributed by atoms with Crippen LogP contribution in [0.2, 0.25) is 0 Å². The van der Waals surface area contributed by atoms with Crippen molar-refractivity contribution in [2.24, 2.45) is 0 Å². The highest BCUT2D eigenvalue weighted by Crippen LogP contribution is 2.29. The number of benzene rings is 1. The third-order valence-corrected chi connectivity index (χ3v) is 3.71. The Hall–Kier alpha value is -0.820. The van der Waals surface area contributed by atoms with Crippen LogP contribution < -0.4 is 0 Å². The molecule has 0 aliphatic carbocycles. The molecule has 16 heavy (non-hydrogen) atoms. The summed E-state index contributed by atoms with van der Waals surface area (Å²) in [4.78, 5) is 2.53. The lowest BCUT2D eigenvalue weighted by Crippen LogP contribution is -2.48. The summed E-state index contributed by atoms with van der Waals surface area (Å²) >= 11 is 0. The van der Waals surface area contributed by atoms with Gasteiger partial charge in [-0.25, -0.2) is 0 Å². The Bertz CT molecular complexity index is 331. The van der Waals surface area contributed by atoms with Gasteiger partial charge in [0.15, 0.2) is 0 Å². The van der Waals surface area contributed by atoms with Gasteiger partial charge >= 0.3 is 0 Å². The first-order valence-corrected chi connectivity index (χ1v) is 6.42. The van der Waals surface area contributed by atoms with Crippen LogP contribution in [0.5, 0.6) is 0 Å². The molecule has 0 saturated carbocycles. The minimum atomic E-state index is 0.641. The fraction of sp³-hybridized carbons (Fsp3) is 0.600. The monoisotopic (exact) mass is 217 g/mol. The molecular weight excluding hydrogens is 194 g/mol. The zero-order valence-electron chi connectivity index (χ0n) is 10.9. The normalized spacial score (nSPS) is 18.1. The predicted octanol–water partition coefficient (Wildman–Crippen LogP) is 3.62. The van der Waals surface area contributed by atoms with Gasteiger partial charge in [-0.3, -0.25) is 4.90 Å². The third kappa shape index (κ3) is 2.30. The lowest BCUT2D eigenvalue weighted by Gasteiger charge is -2.42. The average Bonchev–Trinajstić information content (AvgIpc) is 2.15. The summed E-state index contributed by atoms with van der Waals surface area (Å²) in [6.07, 6.45) is 0. The number of hydrogen-bond acceptors (Lipinski definition) is 1. The van der Waals surface area contributed by atoms with E-state index >= 15 is 0 Å². The molecule has 1 heterocycles. The Morgan fingerprint density at radius 2 is 1.56 bits per heavy atom. The van der Waals surface area contributed by atoms with Gasteiger partial charge < -0.3 is 0 Å². The maximum Gasteiger partial charge on any atom is 0.00938 e. The van der Waals surface area contributed by atoms with Crippen LogP contribution in [0.4, 0.5) is 0 Å². The summed E-state index contributed by atoms with van der Waals surface area (Å²) < 4.78 is 0. The molecule has 0 unspecified atom stereocenters. The second kappa shape index (κ2) is 4.58. The maximum absolute atomic E-state index is 2.53. The summed E-state index contributed by atoms with van der Waals surface area (Å²) in [5.74, 6) is 1.41. The van der Waals surface area contributed by atoms with E-state index < -0.39 is 0 Å². The Kier molecular flexibility index (Phi) is 3.34. The maximum atomic E-state index is 2.53. The topological polar surface area (TPSA) is 3.24 Å². The Labute approximate surface area is 99.5 Å². The van der Waals surface area contributed by atoms with E-state index in [0.717, 1.165) is 5.92 Å². The van der Waals surface area contributed by atoms with Crippen molar-refractivity contribution in [3.63, 3.8) is 0 Å². The molecule has 0 amide bonds. The molecule has 1 saturated heterocycles. The summed E-state index contributed by atoms with van der Waals surface area (Å²) in [6.45, 7) is 11.5. The van der Waals surface area contributed by atoms with Crippen molar-refractivity contribution in [3.05, 3.63) is 35.4 Å². The Balaban J connectivity index is 1.97. The van der Waals surface area contributed by atoms with Crippen LogP contribution in [-0.4, -0.2) is 24.0 Å². The van der Waals surface area contributed by atoms with Gasteiger partial charge in [-0.2, -0.15) is 0 Å². The third-order valence-electron chi connectivity index (χ3n) is 3.71. The van der Waals surface area contributed by atoms with E-state index in [2.05, 4.69) is 56.9 Å². The predicted molar refractivity (Wildman–Crippen MR) is 70.0 cm³/mol. The summed E-state index contributed by atoms with van der Waals surface area (Å²) in [7, 11) is 0. The van der Waals surface area contributed by atoms with E-state index in [9.17, 15) is 0 Å². The van der Waals surface area contributed by atoms with Crippen molar-refractivity contribution >= 4 is 0 Å². The lowest BCUT2D eigenvalue weighted by atomic mass is 9.89. The molecule has 0 bridgehead atoms. The number of likely N-dealkylation sites (tertiary alicyclic amines) is 1. The van der Waals surface area contributed by atoms with Gasteiger partial charge in [-0.15, -0.1) is 0 Å². The van der Waals surface area contributed by atoms with Crippen LogP contribution in [0.3, 0.4) is 0 Å². The van der Waals surface area contributed by atoms with E-state index in [-0.39, 0.29) is 0 Å². The molecule has 2 rings (SSSR count). The first-order chi connectivity index (χ1) is 7.58. The fourth-order valence-electron chi connectivity index (χ4n) is 2.30. The smallest absolute Gasteiger partial charge is 0.00938 e. The number of hydrogen-bond donors (Lipinski definition) is 0. The number of rotatable bonds is 3. The first-order valence-electron chi connectivity index (χ1n) is 6.42. The highest BCUT2D eigenvalue weighted by Gasteiger charge is 2.29. The van der Waals surface area contributed by atoms with E-state index in [0.29, 0.717) is 12.0 Å². The molecule has 1 fully saturated rings. The van der Waals surface area contributed by atoms with E-state index in [4.69, 9.17) is 0 Å². The van der Waals surface area contributed by atoms with Crippen LogP contribution >= 0.6 is 0 Å². The highest BCUT2D eigenvalue weighted by molar-refractivity contribution is 5.29. The van der Waals surface area contributed by atoms with Gasteiger partial charge in [0.05, 0.1) is 0 Å². The van der Waals surface area contributed by atoms with E-state index in [1.54, 1.807) is 0 Å². The fourth-order valence-corrected chi connectivity index (χ4v) is 2.30. The molecule has 88 valence electrons. The molecule has 0 spiro atoms. The molecule has 0 radical (unpaired) electrons. The van der Waals surface area contributed by atoms with E-state index in [1.807, 2.05) is 0 Å². The van der Waals surface area contributed by atoms with Crippen LogP contribution in [-0.2, 0) is 0 Å². The van der Waals surface area contributed by atoms with Gasteiger partial charge in [0.25, 0.3) is 0 Å². The van der Waals surface area contributed by atoms with Crippen LogP contribution in [0, 0.1) is 0 Å². The highest BCUT2D eigenvalue weighted by atomic mass is 15.2. The van der Waals surface area contributed by atoms with Crippen LogP contribution in [0.1, 0.15) is 50.7 Å². The Morgan fingerprint density at radius 3 is 2.00 bits per heavy atom. The molecule has 1 heteroatoms. The van der Waals surface area contributed by atoms with Gasteiger partial charge in [0.1, 0.15) is 0 Å². The van der Waals surface area contributed by atoms with Crippen molar-refractivity contribution in [1.29, 1.82) is 0 Å². The summed E-state index contributed by atoms with van der Waals surface area (Å²) in [5, 5.41) is 0. The summed E-state index contributed by atoms with van der Waals surface area (Å²) in [6, 6.07) is 9.91. The SMILES string of the molecule is CC(C)c1ccc(C2CN(C(C)C)C2)cc1. The Morgan fingerprint density at radius 1 is 1.00 bits per heavy atom. The van der Waals surface area contributed by atoms with Crippen LogP contribution in [0.15, 0.2) is 24.3 Å². The quantitative estimate of drug-likeness (QED) is 0.747. The molecule has 1 aromatic carbocycles. The second-order valence-corrected chi connectivity index (χ2v) is 5.57. The minimum Gasteiger partial charge on any atom is -0.300 e. The molecule has 1 nitrogen and oxygen atoms in total. The molecule has 1 aromatic rings. The van der Waals surface area contributed by atoms with Gasteiger partial charge in [0, 0.05) is 25.0 Å². The van der Waals surface area contributed by atoms with Crippen molar-refractivity contribution in [2.75, 3.05) is 13.1 Å². The minimum absolute atomic E-state index is 0.641. The first kappa shape index (κ1) is 11.7. The number of nitrogens with zero attached hydrogens (tertiary/aromatic N) is 1.